The fraction of sp³-hybridized carbons (Fsp3) is 0.685. The molecule has 0 N–H and O–H groups in total. The number of carbonyl (C=O) groups is 5. The Bertz CT molecular complexity index is 5190. The molecular formula is C92H126Cl4F12N16O13S2. The van der Waals surface area contributed by atoms with Crippen LogP contribution in [0.2, 0.25) is 20.1 Å². The number of sulfonamides is 2. The van der Waals surface area contributed by atoms with Gasteiger partial charge in [0, 0.05) is 302 Å². The number of alkyl halides is 12. The first kappa shape index (κ1) is 109. The highest BCUT2D eigenvalue weighted by molar-refractivity contribution is 7.88. The van der Waals surface area contributed by atoms with Crippen LogP contribution in [0.25, 0.3) is 0 Å². The van der Waals surface area contributed by atoms with Gasteiger partial charge in [-0.05, 0) is 149 Å². The molecule has 29 nitrogen and oxygen atoms in total. The number of anilines is 4. The Balaban J connectivity index is 0.000000156. The van der Waals surface area contributed by atoms with E-state index in [9.17, 15) is 93.5 Å². The summed E-state index contributed by atoms with van der Waals surface area (Å²) in [6.45, 7) is 30.6. The Hall–Kier alpha value is -7.43. The molecule has 0 bridgehead atoms. The van der Waals surface area contributed by atoms with Crippen molar-refractivity contribution in [1.29, 1.82) is 0 Å². The standard InChI is InChI=1S/C24H34ClF3N4O4S.C23H30ClF3N4O3.C23H32ClF3N4O2.C22H30ClF3N4O4S/c1-18(24(26,27)28)36-22(33)31-13-11-29(12-14-31)16-19-3-4-20(25)15-21(19)30-8-5-23(6-9-30)7-10-32(17-23)37(2,34)35;1-16(23(25,26)27)34-21(33)29-9-7-28(8-10-29)12-18-3-4-19(24)11-20(18)30-6-5-22(13-30)14-31(15-22)17(2)32;1-3-28-14-22(15-28)6-7-31(16-22)20-12-19(24)5-4-18(20)13-29-8-10-30(11-9-29)21(32)33-17(2)23(25,26)27;1-16(22(24,25)26)34-20(31)28-9-7-27(8-10-28)12-17-3-4-18(23)11-19(17)29-6-5-21(13-29)14-30(15-21)35(2,32)33/h3-4,15,18H,5-14,16-17H2,1-2H3;3-4,11,16H,5-10,12-15H2,1-2H3;4-5,12,17H,3,6-11,13-16H2,1-2H3;3-4,11,16H,5-10,12-15H2,1-2H3. The van der Waals surface area contributed by atoms with Crippen LogP contribution in [0.15, 0.2) is 72.8 Å². The highest BCUT2D eigenvalue weighted by Gasteiger charge is 2.54. The van der Waals surface area contributed by atoms with Crippen molar-refractivity contribution in [3.63, 3.8) is 0 Å². The molecule has 4 aromatic carbocycles. The number of ether oxygens (including phenoxy) is 4. The average Bonchev–Trinajstić information content (AvgIpc) is 1.62. The van der Waals surface area contributed by atoms with Crippen LogP contribution in [0.4, 0.5) is 94.6 Å². The maximum Gasteiger partial charge on any atom is 0.425 e. The summed E-state index contributed by atoms with van der Waals surface area (Å²) in [4.78, 5) is 87.7. The Kier molecular flexibility index (Phi) is 34.6. The lowest BCUT2D eigenvalue weighted by atomic mass is 9.77. The van der Waals surface area contributed by atoms with E-state index in [1.807, 2.05) is 71.6 Å². The van der Waals surface area contributed by atoms with Crippen LogP contribution in [0, 0.1) is 21.7 Å². The quantitative estimate of drug-likeness (QED) is 0.0626. The van der Waals surface area contributed by atoms with Crippen molar-refractivity contribution >= 4 is 119 Å². The number of likely N-dealkylation sites (tertiary alicyclic amines) is 2. The van der Waals surface area contributed by atoms with Gasteiger partial charge in [0.1, 0.15) is 0 Å². The normalized spacial score (nSPS) is 22.2. The summed E-state index contributed by atoms with van der Waals surface area (Å²) in [6.07, 6.45) is -22.2. The van der Waals surface area contributed by atoms with Crippen LogP contribution in [-0.4, -0.2) is 382 Å². The molecule has 47 heteroatoms. The molecule has 0 aliphatic carbocycles. The molecule has 12 heterocycles. The summed E-state index contributed by atoms with van der Waals surface area (Å²) >= 11 is 25.3. The molecule has 16 rings (SSSR count). The molecule has 12 fully saturated rings. The third-order valence-corrected chi connectivity index (χ3v) is 32.6. The van der Waals surface area contributed by atoms with E-state index in [0.717, 1.165) is 184 Å². The van der Waals surface area contributed by atoms with Gasteiger partial charge in [-0.25, -0.2) is 44.6 Å². The van der Waals surface area contributed by atoms with Crippen LogP contribution in [0.5, 0.6) is 0 Å². The van der Waals surface area contributed by atoms with Gasteiger partial charge in [0.15, 0.2) is 24.4 Å². The first-order valence-electron chi connectivity index (χ1n) is 47.1. The maximum absolute atomic E-state index is 12.7. The number of hydrogen-bond donors (Lipinski definition) is 0. The third kappa shape index (κ3) is 28.2. The first-order valence-corrected chi connectivity index (χ1v) is 52.3. The highest BCUT2D eigenvalue weighted by Crippen LogP contribution is 2.49. The number of piperazine rings is 4. The van der Waals surface area contributed by atoms with Gasteiger partial charge in [-0.15, -0.1) is 0 Å². The first-order chi connectivity index (χ1) is 65.0. The number of carbonyl (C=O) groups excluding carboxylic acids is 5. The van der Waals surface area contributed by atoms with Crippen LogP contribution in [0.1, 0.15) is 102 Å². The number of benzene rings is 4. The molecule has 4 spiro atoms. The smallest absolute Gasteiger partial charge is 0.425 e. The fourth-order valence-electron chi connectivity index (χ4n) is 20.4. The summed E-state index contributed by atoms with van der Waals surface area (Å²) in [7, 11) is -6.36. The zero-order chi connectivity index (χ0) is 101. The predicted molar refractivity (Wildman–Crippen MR) is 505 cm³/mol. The third-order valence-electron chi connectivity index (χ3n) is 29.2. The van der Waals surface area contributed by atoms with Gasteiger partial charge < -0.3 is 67.9 Å². The molecule has 12 saturated heterocycles. The molecule has 12 aliphatic heterocycles. The Morgan fingerprint density at radius 3 is 0.806 bits per heavy atom. The summed E-state index contributed by atoms with van der Waals surface area (Å²) in [5, 5.41) is 2.62. The van der Waals surface area contributed by atoms with E-state index in [1.54, 1.807) is 11.2 Å². The lowest BCUT2D eigenvalue weighted by Gasteiger charge is -2.47. The minimum Gasteiger partial charge on any atom is -0.437 e. The molecule has 4 aromatic rings. The zero-order valence-corrected chi connectivity index (χ0v) is 84.1. The largest absolute Gasteiger partial charge is 0.437 e. The number of amides is 5. The summed E-state index contributed by atoms with van der Waals surface area (Å²) in [6, 6.07) is 23.4. The molecule has 0 radical (unpaired) electrons. The maximum atomic E-state index is 12.7. The summed E-state index contributed by atoms with van der Waals surface area (Å²) in [5.74, 6) is 0.114. The minimum absolute atomic E-state index is 0.0207. The number of hydrogen-bond acceptors (Lipinski definition) is 22. The number of nitrogens with zero attached hydrogens (tertiary/aromatic N) is 16. The van der Waals surface area contributed by atoms with E-state index in [2.05, 4.69) is 76.0 Å². The Labute approximate surface area is 825 Å². The van der Waals surface area contributed by atoms with Gasteiger partial charge in [0.25, 0.3) is 0 Å². The van der Waals surface area contributed by atoms with Crippen molar-refractivity contribution in [1.82, 2.24) is 57.6 Å². The van der Waals surface area contributed by atoms with Gasteiger partial charge in [-0.2, -0.15) is 52.7 Å². The topological polar surface area (TPSA) is 242 Å². The molecule has 5 amide bonds. The van der Waals surface area contributed by atoms with E-state index in [0.29, 0.717) is 156 Å². The second kappa shape index (κ2) is 44.3. The number of rotatable bonds is 19. The fourth-order valence-corrected chi connectivity index (χ4v) is 23.0. The van der Waals surface area contributed by atoms with Gasteiger partial charge in [0.2, 0.25) is 26.0 Å². The molecule has 0 aromatic heterocycles. The molecule has 776 valence electrons. The van der Waals surface area contributed by atoms with E-state index in [4.69, 9.17) is 46.4 Å². The van der Waals surface area contributed by atoms with Crippen LogP contribution < -0.4 is 19.6 Å². The SMILES string of the molecule is CC(=O)N1CC2(CCN(c3cc(Cl)ccc3CN3CCN(C(=O)OC(C)C(F)(F)F)CC3)C2)C1.CC(OC(=O)N1CCN(Cc2ccc(Cl)cc2N2CCC3(C2)CN(S(C)(=O)=O)C3)CC1)C(F)(F)F.CC(OC(=O)N1CCN(Cc2ccc(Cl)cc2N2CCC3(CC2)CCN(S(C)(=O)=O)C3)CC1)C(F)(F)F.CCN1CC2(CCN(c3cc(Cl)ccc3CN3CCN(C(=O)OC(C)C(F)(F)F)CC3)C2)C1. The summed E-state index contributed by atoms with van der Waals surface area (Å²) < 4.78 is 221. The monoisotopic (exact) mass is 2090 g/mol. The van der Waals surface area contributed by atoms with Gasteiger partial charge in [-0.1, -0.05) is 77.6 Å². The van der Waals surface area contributed by atoms with Crippen molar-refractivity contribution < 1.29 is 112 Å². The van der Waals surface area contributed by atoms with Gasteiger partial charge in [0.05, 0.1) is 12.5 Å². The van der Waals surface area contributed by atoms with Crippen molar-refractivity contribution in [2.24, 2.45) is 21.7 Å². The van der Waals surface area contributed by atoms with Gasteiger partial charge in [-0.3, -0.25) is 24.4 Å². The lowest BCUT2D eigenvalue weighted by molar-refractivity contribution is -0.200. The Morgan fingerprint density at radius 1 is 0.317 bits per heavy atom. The van der Waals surface area contributed by atoms with Crippen molar-refractivity contribution in [2.75, 3.05) is 248 Å². The van der Waals surface area contributed by atoms with Crippen molar-refractivity contribution in [3.8, 4) is 0 Å². The average molecular weight is 2100 g/mol. The van der Waals surface area contributed by atoms with Crippen LogP contribution >= 0.6 is 46.4 Å². The van der Waals surface area contributed by atoms with E-state index >= 15 is 0 Å². The van der Waals surface area contributed by atoms with Crippen LogP contribution in [0.3, 0.4) is 0 Å². The Morgan fingerprint density at radius 2 is 0.554 bits per heavy atom. The van der Waals surface area contributed by atoms with Gasteiger partial charge >= 0.3 is 49.1 Å². The molecule has 4 atom stereocenters. The highest BCUT2D eigenvalue weighted by atomic mass is 35.5. The van der Waals surface area contributed by atoms with Crippen LogP contribution in [-0.2, 0) is 70.0 Å². The second-order valence-electron chi connectivity index (χ2n) is 39.5. The number of piperidine rings is 1. The molecular weight excluding hydrogens is 1970 g/mol. The van der Waals surface area contributed by atoms with E-state index < -0.39 is 93.5 Å². The number of halogens is 16. The molecule has 12 aliphatic rings. The van der Waals surface area contributed by atoms with Crippen molar-refractivity contribution in [3.05, 3.63) is 115 Å². The second-order valence-corrected chi connectivity index (χ2v) is 45.2. The van der Waals surface area contributed by atoms with Crippen molar-refractivity contribution in [2.45, 2.75) is 155 Å². The predicted octanol–water partition coefficient (Wildman–Crippen LogP) is 14.5. The molecule has 0 saturated carbocycles. The minimum atomic E-state index is -4.58. The zero-order valence-electron chi connectivity index (χ0n) is 79.5. The van der Waals surface area contributed by atoms with E-state index in [1.165, 1.54) is 48.4 Å². The summed E-state index contributed by atoms with van der Waals surface area (Å²) in [5.41, 5.74) is 9.25. The van der Waals surface area contributed by atoms with E-state index in [-0.39, 0.29) is 48.3 Å². The lowest BCUT2D eigenvalue weighted by Crippen LogP contribution is -2.59. The molecule has 4 unspecified atom stereocenters. The molecule has 139 heavy (non-hydrogen) atoms.